The Kier molecular flexibility index (Phi) is 8.06. The molecule has 11 heteroatoms. The van der Waals surface area contributed by atoms with Gasteiger partial charge in [0.15, 0.2) is 0 Å². The zero-order valence-electron chi connectivity index (χ0n) is 24.0. The van der Waals surface area contributed by atoms with Gasteiger partial charge in [-0.2, -0.15) is 9.78 Å². The van der Waals surface area contributed by atoms with Crippen molar-refractivity contribution in [2.24, 2.45) is 11.6 Å². The zero-order valence-corrected chi connectivity index (χ0v) is 24.0. The van der Waals surface area contributed by atoms with Crippen LogP contribution < -0.4 is 11.6 Å². The Labute approximate surface area is 234 Å². The number of hydrogen-bond acceptors (Lipinski definition) is 9. The Morgan fingerprint density at radius 2 is 1.68 bits per heavy atom. The lowest BCUT2D eigenvalue weighted by Gasteiger charge is -2.37. The Balaban J connectivity index is 1.63. The molecule has 1 aliphatic heterocycles. The van der Waals surface area contributed by atoms with Crippen LogP contribution in [0.2, 0.25) is 0 Å². The molecule has 1 amide bonds. The number of carbonyl (C=O) groups excluding carboxylic acids is 2. The number of ether oxygens (including phenoxy) is 2. The van der Waals surface area contributed by atoms with Crippen LogP contribution in [0, 0.1) is 0 Å². The predicted octanol–water partition coefficient (Wildman–Crippen LogP) is 4.71. The van der Waals surface area contributed by atoms with Crippen molar-refractivity contribution in [3.63, 3.8) is 0 Å². The number of amides is 1. The van der Waals surface area contributed by atoms with Crippen LogP contribution in [0.15, 0.2) is 48.9 Å². The van der Waals surface area contributed by atoms with Crippen LogP contribution in [0.4, 0.5) is 9.59 Å². The van der Waals surface area contributed by atoms with E-state index in [0.29, 0.717) is 35.6 Å². The van der Waals surface area contributed by atoms with E-state index in [1.165, 1.54) is 4.68 Å². The van der Waals surface area contributed by atoms with E-state index in [0.717, 1.165) is 23.8 Å². The van der Waals surface area contributed by atoms with Gasteiger partial charge in [-0.3, -0.25) is 4.98 Å². The Hall–Kier alpha value is -4.12. The number of fused-ring (bicyclic) bond motifs is 1. The first-order valence-electron chi connectivity index (χ1n) is 13.4. The smallest absolute Gasteiger partial charge is 0.435 e. The first-order valence-corrected chi connectivity index (χ1v) is 13.4. The molecule has 1 fully saturated rings. The number of pyridine rings is 1. The number of nitrogens with two attached hydrogens (primary N) is 2. The fourth-order valence-corrected chi connectivity index (χ4v) is 4.50. The molecule has 11 nitrogen and oxygen atoms in total. The number of hydrazine groups is 1. The number of hydrogen-bond donors (Lipinski definition) is 2. The fourth-order valence-electron chi connectivity index (χ4n) is 4.50. The standard InChI is InChI=1S/C29H39N7O4/c1-28(2,3)39-26(37)34-15-7-8-21(17-34)35(31)18-23(30)20-9-10-24-22(16-20)25(19-11-13-32-14-12-19)33-36(24)27(38)40-29(4,5)6/h9-14,16,18,21H,7-8,15,17,30-31H2,1-6H3/b23-18-/t21-/m1/s1. The van der Waals surface area contributed by atoms with E-state index >= 15 is 0 Å². The van der Waals surface area contributed by atoms with Gasteiger partial charge in [-0.1, -0.05) is 6.07 Å². The average molecular weight is 550 g/mol. The molecule has 3 heterocycles. The molecule has 1 aromatic carbocycles. The summed E-state index contributed by atoms with van der Waals surface area (Å²) in [5.41, 5.74) is 8.40. The molecular weight excluding hydrogens is 510 g/mol. The summed E-state index contributed by atoms with van der Waals surface area (Å²) in [6, 6.07) is 9.02. The molecule has 1 aliphatic rings. The number of aromatic nitrogens is 3. The van der Waals surface area contributed by atoms with Gasteiger partial charge in [0.2, 0.25) is 0 Å². The molecule has 0 radical (unpaired) electrons. The molecule has 0 spiro atoms. The summed E-state index contributed by atoms with van der Waals surface area (Å²) in [5, 5.41) is 6.88. The maximum atomic E-state index is 13.0. The van der Waals surface area contributed by atoms with Gasteiger partial charge in [0.1, 0.15) is 16.9 Å². The molecule has 0 bridgehead atoms. The van der Waals surface area contributed by atoms with E-state index in [-0.39, 0.29) is 12.1 Å². The highest BCUT2D eigenvalue weighted by molar-refractivity contribution is 5.99. The average Bonchev–Trinajstić information content (AvgIpc) is 3.26. The highest BCUT2D eigenvalue weighted by Crippen LogP contribution is 2.30. The SMILES string of the molecule is CC(C)(C)OC(=O)N1CCC[C@@H](N(N)/C=C(\N)c2ccc3c(c2)c(-c2ccncc2)nn3C(=O)OC(C)(C)C)C1. The maximum absolute atomic E-state index is 13.0. The highest BCUT2D eigenvalue weighted by Gasteiger charge is 2.29. The molecule has 1 atom stereocenters. The molecule has 3 aromatic rings. The third-order valence-corrected chi connectivity index (χ3v) is 6.29. The van der Waals surface area contributed by atoms with Gasteiger partial charge in [-0.05, 0) is 84.2 Å². The van der Waals surface area contributed by atoms with Crippen LogP contribution in [0.25, 0.3) is 27.9 Å². The van der Waals surface area contributed by atoms with Crippen LogP contribution >= 0.6 is 0 Å². The fraction of sp³-hybridized carbons (Fsp3) is 0.448. The minimum atomic E-state index is -0.679. The maximum Gasteiger partial charge on any atom is 0.435 e. The molecule has 214 valence electrons. The lowest BCUT2D eigenvalue weighted by molar-refractivity contribution is 0.0138. The first kappa shape index (κ1) is 28.9. The molecular formula is C29H39N7O4. The van der Waals surface area contributed by atoms with Gasteiger partial charge >= 0.3 is 12.2 Å². The van der Waals surface area contributed by atoms with Crippen LogP contribution in [-0.2, 0) is 9.47 Å². The van der Waals surface area contributed by atoms with E-state index in [2.05, 4.69) is 10.1 Å². The largest absolute Gasteiger partial charge is 0.444 e. The van der Waals surface area contributed by atoms with Crippen molar-refractivity contribution in [3.05, 3.63) is 54.5 Å². The minimum Gasteiger partial charge on any atom is -0.444 e. The summed E-state index contributed by atoms with van der Waals surface area (Å²) < 4.78 is 12.4. The van der Waals surface area contributed by atoms with Crippen molar-refractivity contribution in [1.82, 2.24) is 24.7 Å². The Morgan fingerprint density at radius 1 is 1.02 bits per heavy atom. The second-order valence-corrected chi connectivity index (χ2v) is 12.0. The number of carbonyl (C=O) groups is 2. The third kappa shape index (κ3) is 6.90. The van der Waals surface area contributed by atoms with E-state index < -0.39 is 17.3 Å². The number of nitrogens with zero attached hydrogens (tertiary/aromatic N) is 5. The van der Waals surface area contributed by atoms with E-state index in [4.69, 9.17) is 21.1 Å². The molecule has 0 saturated carbocycles. The molecule has 1 saturated heterocycles. The van der Waals surface area contributed by atoms with Gasteiger partial charge in [0.25, 0.3) is 0 Å². The monoisotopic (exact) mass is 549 g/mol. The molecule has 0 aliphatic carbocycles. The zero-order chi connectivity index (χ0) is 29.2. The summed E-state index contributed by atoms with van der Waals surface area (Å²) in [6.45, 7) is 12.0. The van der Waals surface area contributed by atoms with Crippen molar-refractivity contribution < 1.29 is 19.1 Å². The second-order valence-electron chi connectivity index (χ2n) is 12.0. The summed E-state index contributed by atoms with van der Waals surface area (Å²) in [7, 11) is 0. The van der Waals surface area contributed by atoms with Crippen molar-refractivity contribution in [2.75, 3.05) is 13.1 Å². The van der Waals surface area contributed by atoms with Gasteiger partial charge in [0, 0.05) is 42.6 Å². The van der Waals surface area contributed by atoms with Crippen molar-refractivity contribution in [2.45, 2.75) is 71.6 Å². The Morgan fingerprint density at radius 3 is 2.33 bits per heavy atom. The minimum absolute atomic E-state index is 0.120. The van der Waals surface area contributed by atoms with Gasteiger partial charge in [-0.15, -0.1) is 0 Å². The molecule has 0 unspecified atom stereocenters. The van der Waals surface area contributed by atoms with E-state index in [1.807, 2.05) is 65.8 Å². The second kappa shape index (κ2) is 11.2. The number of rotatable bonds is 4. The number of likely N-dealkylation sites (tertiary alicyclic amines) is 1. The van der Waals surface area contributed by atoms with Gasteiger partial charge in [-0.25, -0.2) is 15.4 Å². The number of piperidine rings is 1. The summed E-state index contributed by atoms with van der Waals surface area (Å²) in [6.07, 6.45) is 5.71. The molecule has 4 N–H and O–H groups in total. The predicted molar refractivity (Wildman–Crippen MR) is 154 cm³/mol. The summed E-state index contributed by atoms with van der Waals surface area (Å²) in [4.78, 5) is 31.3. The molecule has 4 rings (SSSR count). The molecule has 40 heavy (non-hydrogen) atoms. The number of benzene rings is 1. The topological polar surface area (TPSA) is 142 Å². The summed E-state index contributed by atoms with van der Waals surface area (Å²) >= 11 is 0. The lowest BCUT2D eigenvalue weighted by atomic mass is 10.0. The van der Waals surface area contributed by atoms with Crippen LogP contribution in [0.5, 0.6) is 0 Å². The lowest BCUT2D eigenvalue weighted by Crippen LogP contribution is -2.51. The van der Waals surface area contributed by atoms with Crippen LogP contribution in [-0.4, -0.2) is 67.2 Å². The highest BCUT2D eigenvalue weighted by atomic mass is 16.6. The van der Waals surface area contributed by atoms with Crippen molar-refractivity contribution >= 4 is 28.8 Å². The Bertz CT molecular complexity index is 1400. The quantitative estimate of drug-likeness (QED) is 0.349. The van der Waals surface area contributed by atoms with Gasteiger partial charge in [0.05, 0.1) is 17.3 Å². The van der Waals surface area contributed by atoms with Crippen molar-refractivity contribution in [1.29, 1.82) is 0 Å². The van der Waals surface area contributed by atoms with Crippen LogP contribution in [0.3, 0.4) is 0 Å². The van der Waals surface area contributed by atoms with Gasteiger partial charge < -0.3 is 25.1 Å². The van der Waals surface area contributed by atoms with E-state index in [9.17, 15) is 9.59 Å². The third-order valence-electron chi connectivity index (χ3n) is 6.29. The van der Waals surface area contributed by atoms with Crippen molar-refractivity contribution in [3.8, 4) is 11.3 Å². The first-order chi connectivity index (χ1) is 18.7. The van der Waals surface area contributed by atoms with E-state index in [1.54, 1.807) is 34.6 Å². The normalized spacial score (nSPS) is 16.6. The molecule has 2 aromatic heterocycles. The van der Waals surface area contributed by atoms with Crippen LogP contribution in [0.1, 0.15) is 59.9 Å². The summed E-state index contributed by atoms with van der Waals surface area (Å²) in [5.74, 6) is 6.43.